The smallest absolute Gasteiger partial charge is 0.311 e. The molecule has 0 aliphatic carbocycles. The van der Waals surface area contributed by atoms with Crippen LogP contribution in [-0.4, -0.2) is 17.8 Å². The van der Waals surface area contributed by atoms with E-state index < -0.39 is 6.10 Å². The number of nitrogen functional groups attached to an aromatic ring is 1. The minimum Gasteiger partial charge on any atom is -1.00 e. The SMILES string of the molecule is CC(O)CO[n+]1ccccc1N.[Cl-]. The first-order chi connectivity index (χ1) is 5.70. The Morgan fingerprint density at radius 1 is 1.62 bits per heavy atom. The first kappa shape index (κ1) is 12.0. The van der Waals surface area contributed by atoms with Crippen LogP contribution in [0.1, 0.15) is 6.92 Å². The van der Waals surface area contributed by atoms with Gasteiger partial charge >= 0.3 is 5.82 Å². The van der Waals surface area contributed by atoms with Crippen LogP contribution in [0.3, 0.4) is 0 Å². The lowest BCUT2D eigenvalue weighted by Gasteiger charge is -2.05. The number of nitrogens with zero attached hydrogens (tertiary/aromatic N) is 1. The number of aromatic nitrogens is 1. The summed E-state index contributed by atoms with van der Waals surface area (Å²) in [5, 5.41) is 8.93. The topological polar surface area (TPSA) is 59.4 Å². The molecule has 1 aromatic heterocycles. The van der Waals surface area contributed by atoms with Crippen LogP contribution in [-0.2, 0) is 0 Å². The van der Waals surface area contributed by atoms with E-state index in [1.165, 1.54) is 4.73 Å². The van der Waals surface area contributed by atoms with Gasteiger partial charge in [0.15, 0.2) is 6.61 Å². The Balaban J connectivity index is 0.00000144. The molecule has 1 unspecified atom stereocenters. The lowest BCUT2D eigenvalue weighted by molar-refractivity contribution is -0.881. The van der Waals surface area contributed by atoms with Crippen molar-refractivity contribution >= 4 is 5.82 Å². The lowest BCUT2D eigenvalue weighted by atomic mass is 10.4. The molecule has 0 aliphatic heterocycles. The van der Waals surface area contributed by atoms with E-state index in [0.29, 0.717) is 5.82 Å². The van der Waals surface area contributed by atoms with Gasteiger partial charge in [0.2, 0.25) is 0 Å². The number of rotatable bonds is 3. The average Bonchev–Trinajstić information content (AvgIpc) is 2.03. The summed E-state index contributed by atoms with van der Waals surface area (Å²) >= 11 is 0. The summed E-state index contributed by atoms with van der Waals surface area (Å²) in [6.07, 6.45) is 1.20. The molecule has 0 aromatic carbocycles. The van der Waals surface area contributed by atoms with Crippen molar-refractivity contribution in [2.24, 2.45) is 0 Å². The molecule has 0 saturated carbocycles. The van der Waals surface area contributed by atoms with Gasteiger partial charge in [0, 0.05) is 6.07 Å². The van der Waals surface area contributed by atoms with Crippen LogP contribution in [0.2, 0.25) is 0 Å². The van der Waals surface area contributed by atoms with Gasteiger partial charge in [-0.25, -0.2) is 0 Å². The Kier molecular flexibility index (Phi) is 5.18. The molecule has 3 N–H and O–H groups in total. The van der Waals surface area contributed by atoms with E-state index in [4.69, 9.17) is 15.7 Å². The standard InChI is InChI=1S/C8H12N2O2.ClH/c1-7(11)6-12-10-5-3-2-4-8(10)9;/h2-5,7,9,11H,6H2,1H3;1H. The molecule has 0 aliphatic rings. The predicted molar refractivity (Wildman–Crippen MR) is 44.2 cm³/mol. The second kappa shape index (κ2) is 5.61. The van der Waals surface area contributed by atoms with E-state index in [-0.39, 0.29) is 19.0 Å². The minimum atomic E-state index is -0.489. The molecule has 0 bridgehead atoms. The van der Waals surface area contributed by atoms with Gasteiger partial charge in [-0.1, -0.05) is 6.07 Å². The van der Waals surface area contributed by atoms with Gasteiger partial charge in [-0.3, -0.25) is 5.73 Å². The number of pyridine rings is 1. The molecular formula is C8H13ClN2O2. The van der Waals surface area contributed by atoms with Gasteiger partial charge in [-0.2, -0.15) is 0 Å². The van der Waals surface area contributed by atoms with Crippen LogP contribution in [0.5, 0.6) is 0 Å². The van der Waals surface area contributed by atoms with E-state index in [0.717, 1.165) is 0 Å². The van der Waals surface area contributed by atoms with Gasteiger partial charge in [-0.05, 0) is 17.7 Å². The summed E-state index contributed by atoms with van der Waals surface area (Å²) in [5.74, 6) is 0.512. The Bertz CT molecular complexity index is 256. The Hall–Kier alpha value is -1.00. The molecule has 0 radical (unpaired) electrons. The number of anilines is 1. The average molecular weight is 205 g/mol. The van der Waals surface area contributed by atoms with E-state index in [9.17, 15) is 0 Å². The fourth-order valence-corrected chi connectivity index (χ4v) is 0.747. The Morgan fingerprint density at radius 3 is 2.85 bits per heavy atom. The first-order valence-corrected chi connectivity index (χ1v) is 3.77. The Morgan fingerprint density at radius 2 is 2.31 bits per heavy atom. The monoisotopic (exact) mass is 204 g/mol. The second-order valence-electron chi connectivity index (χ2n) is 2.60. The molecule has 0 spiro atoms. The van der Waals surface area contributed by atoms with Crippen molar-refractivity contribution in [2.75, 3.05) is 12.3 Å². The molecule has 1 rings (SSSR count). The maximum absolute atomic E-state index is 8.93. The summed E-state index contributed by atoms with van der Waals surface area (Å²) in [4.78, 5) is 5.14. The van der Waals surface area contributed by atoms with Gasteiger partial charge < -0.3 is 22.4 Å². The van der Waals surface area contributed by atoms with Crippen molar-refractivity contribution in [1.29, 1.82) is 0 Å². The molecule has 0 saturated heterocycles. The second-order valence-corrected chi connectivity index (χ2v) is 2.60. The fourth-order valence-electron chi connectivity index (χ4n) is 0.747. The number of aliphatic hydroxyl groups excluding tert-OH is 1. The molecule has 13 heavy (non-hydrogen) atoms. The highest BCUT2D eigenvalue weighted by atomic mass is 35.5. The minimum absolute atomic E-state index is 0. The van der Waals surface area contributed by atoms with E-state index in [2.05, 4.69) is 0 Å². The van der Waals surface area contributed by atoms with Crippen LogP contribution >= 0.6 is 0 Å². The summed E-state index contributed by atoms with van der Waals surface area (Å²) in [7, 11) is 0. The highest BCUT2D eigenvalue weighted by molar-refractivity contribution is 5.18. The molecule has 5 heteroatoms. The maximum Gasteiger partial charge on any atom is 0.311 e. The summed E-state index contributed by atoms with van der Waals surface area (Å²) < 4.78 is 1.42. The number of halogens is 1. The van der Waals surface area contributed by atoms with Crippen molar-refractivity contribution in [3.8, 4) is 0 Å². The third-order valence-corrected chi connectivity index (χ3v) is 1.31. The van der Waals surface area contributed by atoms with Crippen LogP contribution in [0, 0.1) is 0 Å². The molecule has 0 amide bonds. The fraction of sp³-hybridized carbons (Fsp3) is 0.375. The van der Waals surface area contributed by atoms with Crippen molar-refractivity contribution in [3.05, 3.63) is 24.4 Å². The van der Waals surface area contributed by atoms with Crippen molar-refractivity contribution in [2.45, 2.75) is 13.0 Å². The number of hydrogen-bond donors (Lipinski definition) is 2. The molecule has 0 fully saturated rings. The highest BCUT2D eigenvalue weighted by Crippen LogP contribution is 1.88. The van der Waals surface area contributed by atoms with Crippen molar-refractivity contribution < 1.29 is 27.1 Å². The van der Waals surface area contributed by atoms with Gasteiger partial charge in [0.05, 0.1) is 6.10 Å². The van der Waals surface area contributed by atoms with Crippen molar-refractivity contribution in [3.63, 3.8) is 0 Å². The number of hydrogen-bond acceptors (Lipinski definition) is 3. The molecular weight excluding hydrogens is 192 g/mol. The molecule has 74 valence electrons. The maximum atomic E-state index is 8.93. The van der Waals surface area contributed by atoms with E-state index in [1.54, 1.807) is 25.3 Å². The molecule has 1 heterocycles. The van der Waals surface area contributed by atoms with Gasteiger partial charge in [0.1, 0.15) is 6.20 Å². The zero-order chi connectivity index (χ0) is 8.97. The van der Waals surface area contributed by atoms with E-state index >= 15 is 0 Å². The van der Waals surface area contributed by atoms with Gasteiger partial charge in [0.25, 0.3) is 0 Å². The van der Waals surface area contributed by atoms with Crippen molar-refractivity contribution in [1.82, 2.24) is 0 Å². The normalized spacial score (nSPS) is 11.5. The lowest BCUT2D eigenvalue weighted by Crippen LogP contribution is -3.00. The van der Waals surface area contributed by atoms with Crippen LogP contribution < -0.4 is 27.7 Å². The predicted octanol–water partition coefficient (Wildman–Crippen LogP) is -3.63. The van der Waals surface area contributed by atoms with Crippen LogP contribution in [0.4, 0.5) is 5.82 Å². The Labute approximate surface area is 83.3 Å². The summed E-state index contributed by atoms with van der Waals surface area (Å²) in [5.41, 5.74) is 5.56. The van der Waals surface area contributed by atoms with Crippen LogP contribution in [0.15, 0.2) is 24.4 Å². The number of aliphatic hydroxyl groups is 1. The first-order valence-electron chi connectivity index (χ1n) is 3.77. The van der Waals surface area contributed by atoms with Crippen LogP contribution in [0.25, 0.3) is 0 Å². The molecule has 4 nitrogen and oxygen atoms in total. The molecule has 1 aromatic rings. The highest BCUT2D eigenvalue weighted by Gasteiger charge is 2.04. The van der Waals surface area contributed by atoms with E-state index in [1.807, 2.05) is 6.07 Å². The molecule has 1 atom stereocenters. The third-order valence-electron chi connectivity index (χ3n) is 1.31. The zero-order valence-electron chi connectivity index (χ0n) is 7.35. The van der Waals surface area contributed by atoms with Gasteiger partial charge in [-0.15, -0.1) is 0 Å². The summed E-state index contributed by atoms with van der Waals surface area (Å²) in [6.45, 7) is 1.89. The zero-order valence-corrected chi connectivity index (χ0v) is 8.11. The summed E-state index contributed by atoms with van der Waals surface area (Å²) in [6, 6.07) is 5.35. The largest absolute Gasteiger partial charge is 1.00 e. The quantitative estimate of drug-likeness (QED) is 0.500. The third kappa shape index (κ3) is 3.96. The number of nitrogens with two attached hydrogens (primary N) is 1.